The van der Waals surface area contributed by atoms with Crippen molar-refractivity contribution in [1.29, 1.82) is 0 Å². The first-order valence-electron chi connectivity index (χ1n) is 4.68. The molecule has 0 aliphatic carbocycles. The Hall–Kier alpha value is -0.780. The Kier molecular flexibility index (Phi) is 6.45. The van der Waals surface area contributed by atoms with Crippen LogP contribution in [0.3, 0.4) is 0 Å². The molecule has 0 heteroatoms. The molecule has 68 valence electrons. The van der Waals surface area contributed by atoms with Crippen LogP contribution in [0.1, 0.15) is 34.1 Å². The Labute approximate surface area is 76.7 Å². The van der Waals surface area contributed by atoms with Crippen molar-refractivity contribution < 1.29 is 0 Å². The standard InChI is InChI=1S/C12H20/c1-5-6-7-8-9-10-12(4)11(2)3/h6-11H,5H2,1-4H3/b7-6-,9-8-,12-10+. The van der Waals surface area contributed by atoms with E-state index in [1.807, 2.05) is 0 Å². The Balaban J connectivity index is 3.86. The van der Waals surface area contributed by atoms with E-state index in [-0.39, 0.29) is 0 Å². The lowest BCUT2D eigenvalue weighted by molar-refractivity contribution is 0.769. The third-order valence-electron chi connectivity index (χ3n) is 1.86. The maximum atomic E-state index is 2.21. The molecule has 0 aromatic carbocycles. The molecule has 0 N–H and O–H groups in total. The van der Waals surface area contributed by atoms with Crippen molar-refractivity contribution in [2.75, 3.05) is 0 Å². The van der Waals surface area contributed by atoms with E-state index in [9.17, 15) is 0 Å². The third kappa shape index (κ3) is 5.96. The van der Waals surface area contributed by atoms with Crippen LogP contribution in [0, 0.1) is 5.92 Å². The fourth-order valence-electron chi connectivity index (χ4n) is 0.679. The average molecular weight is 164 g/mol. The monoisotopic (exact) mass is 164 g/mol. The van der Waals surface area contributed by atoms with Crippen LogP contribution in [0.15, 0.2) is 36.0 Å². The molecule has 0 bridgehead atoms. The lowest BCUT2D eigenvalue weighted by atomic mass is 10.1. The predicted octanol–water partition coefficient (Wildman–Crippen LogP) is 4.11. The molecule has 0 saturated heterocycles. The predicted molar refractivity (Wildman–Crippen MR) is 57.2 cm³/mol. The van der Waals surface area contributed by atoms with Gasteiger partial charge in [-0.2, -0.15) is 0 Å². The molecule has 0 aromatic heterocycles. The third-order valence-corrected chi connectivity index (χ3v) is 1.86. The van der Waals surface area contributed by atoms with Crippen molar-refractivity contribution in [1.82, 2.24) is 0 Å². The zero-order valence-electron chi connectivity index (χ0n) is 8.67. The Morgan fingerprint density at radius 3 is 2.33 bits per heavy atom. The summed E-state index contributed by atoms with van der Waals surface area (Å²) >= 11 is 0. The van der Waals surface area contributed by atoms with Crippen molar-refractivity contribution in [3.8, 4) is 0 Å². The van der Waals surface area contributed by atoms with Crippen LogP contribution in [-0.4, -0.2) is 0 Å². The summed E-state index contributed by atoms with van der Waals surface area (Å²) in [6, 6.07) is 0. The van der Waals surface area contributed by atoms with Crippen molar-refractivity contribution in [2.45, 2.75) is 34.1 Å². The van der Waals surface area contributed by atoms with E-state index < -0.39 is 0 Å². The second kappa shape index (κ2) is 6.90. The molecule has 0 unspecified atom stereocenters. The van der Waals surface area contributed by atoms with Gasteiger partial charge in [-0.05, 0) is 19.3 Å². The molecule has 0 aromatic rings. The first-order valence-corrected chi connectivity index (χ1v) is 4.68. The zero-order valence-corrected chi connectivity index (χ0v) is 8.67. The van der Waals surface area contributed by atoms with Gasteiger partial charge in [0.1, 0.15) is 0 Å². The highest BCUT2D eigenvalue weighted by Crippen LogP contribution is 2.07. The summed E-state index contributed by atoms with van der Waals surface area (Å²) in [5.41, 5.74) is 1.43. The van der Waals surface area contributed by atoms with Gasteiger partial charge >= 0.3 is 0 Å². The van der Waals surface area contributed by atoms with Crippen LogP contribution in [0.5, 0.6) is 0 Å². The lowest BCUT2D eigenvalue weighted by Gasteiger charge is -2.01. The topological polar surface area (TPSA) is 0 Å². The summed E-state index contributed by atoms with van der Waals surface area (Å²) in [5.74, 6) is 0.657. The number of hydrogen-bond acceptors (Lipinski definition) is 0. The van der Waals surface area contributed by atoms with Gasteiger partial charge in [-0.3, -0.25) is 0 Å². The number of rotatable bonds is 4. The molecule has 12 heavy (non-hydrogen) atoms. The summed E-state index contributed by atoms with van der Waals surface area (Å²) < 4.78 is 0. The summed E-state index contributed by atoms with van der Waals surface area (Å²) in [5, 5.41) is 0. The van der Waals surface area contributed by atoms with Gasteiger partial charge in [0.15, 0.2) is 0 Å². The summed E-state index contributed by atoms with van der Waals surface area (Å²) in [6.45, 7) is 8.72. The maximum Gasteiger partial charge on any atom is -0.0260 e. The summed E-state index contributed by atoms with van der Waals surface area (Å²) in [6.07, 6.45) is 11.7. The average Bonchev–Trinajstić information content (AvgIpc) is 2.03. The van der Waals surface area contributed by atoms with Gasteiger partial charge in [-0.15, -0.1) is 0 Å². The minimum atomic E-state index is 0.657. The largest absolute Gasteiger partial charge is 0.0848 e. The van der Waals surface area contributed by atoms with E-state index in [1.54, 1.807) is 0 Å². The molecule has 0 amide bonds. The highest BCUT2D eigenvalue weighted by Gasteiger charge is 1.91. The first kappa shape index (κ1) is 11.2. The molecule has 0 aliphatic heterocycles. The Morgan fingerprint density at radius 2 is 1.83 bits per heavy atom. The molecule has 0 saturated carbocycles. The normalized spacial score (nSPS) is 13.9. The summed E-state index contributed by atoms with van der Waals surface area (Å²) in [4.78, 5) is 0. The molecule has 0 fully saturated rings. The van der Waals surface area contributed by atoms with Crippen LogP contribution in [-0.2, 0) is 0 Å². The molecular weight excluding hydrogens is 144 g/mol. The van der Waals surface area contributed by atoms with E-state index >= 15 is 0 Å². The highest BCUT2D eigenvalue weighted by molar-refractivity contribution is 5.16. The second-order valence-corrected chi connectivity index (χ2v) is 3.29. The van der Waals surface area contributed by atoms with E-state index in [1.165, 1.54) is 5.57 Å². The van der Waals surface area contributed by atoms with Gasteiger partial charge < -0.3 is 0 Å². The maximum absolute atomic E-state index is 2.21. The lowest BCUT2D eigenvalue weighted by Crippen LogP contribution is -1.86. The van der Waals surface area contributed by atoms with Gasteiger partial charge in [-0.25, -0.2) is 0 Å². The molecule has 0 aliphatic rings. The van der Waals surface area contributed by atoms with Crippen LogP contribution >= 0.6 is 0 Å². The molecule has 0 radical (unpaired) electrons. The van der Waals surface area contributed by atoms with Gasteiger partial charge in [0.05, 0.1) is 0 Å². The molecule has 0 spiro atoms. The smallest absolute Gasteiger partial charge is 0.0260 e. The van der Waals surface area contributed by atoms with E-state index in [0.29, 0.717) is 5.92 Å². The van der Waals surface area contributed by atoms with Crippen LogP contribution in [0.4, 0.5) is 0 Å². The second-order valence-electron chi connectivity index (χ2n) is 3.29. The van der Waals surface area contributed by atoms with Gasteiger partial charge in [-0.1, -0.05) is 56.7 Å². The SMILES string of the molecule is CC\C=C/C=C\C=C(/C)C(C)C. The van der Waals surface area contributed by atoms with Crippen LogP contribution < -0.4 is 0 Å². The number of allylic oxidation sites excluding steroid dienone is 6. The fraction of sp³-hybridized carbons (Fsp3) is 0.500. The van der Waals surface area contributed by atoms with Crippen LogP contribution in [0.2, 0.25) is 0 Å². The molecule has 0 rings (SSSR count). The van der Waals surface area contributed by atoms with E-state index in [4.69, 9.17) is 0 Å². The quantitative estimate of drug-likeness (QED) is 0.548. The molecular formula is C12H20. The van der Waals surface area contributed by atoms with E-state index in [0.717, 1.165) is 6.42 Å². The van der Waals surface area contributed by atoms with Crippen molar-refractivity contribution in [3.63, 3.8) is 0 Å². The fourth-order valence-corrected chi connectivity index (χ4v) is 0.679. The van der Waals surface area contributed by atoms with Crippen molar-refractivity contribution >= 4 is 0 Å². The summed E-state index contributed by atoms with van der Waals surface area (Å²) in [7, 11) is 0. The molecule has 0 heterocycles. The minimum Gasteiger partial charge on any atom is -0.0848 e. The zero-order chi connectivity index (χ0) is 9.40. The van der Waals surface area contributed by atoms with E-state index in [2.05, 4.69) is 58.1 Å². The Morgan fingerprint density at radius 1 is 1.17 bits per heavy atom. The van der Waals surface area contributed by atoms with Gasteiger partial charge in [0.25, 0.3) is 0 Å². The van der Waals surface area contributed by atoms with Crippen LogP contribution in [0.25, 0.3) is 0 Å². The number of hydrogen-bond donors (Lipinski definition) is 0. The molecule has 0 nitrogen and oxygen atoms in total. The minimum absolute atomic E-state index is 0.657. The highest BCUT2D eigenvalue weighted by atomic mass is 14.0. The Bertz CT molecular complexity index is 180. The van der Waals surface area contributed by atoms with Gasteiger partial charge in [0, 0.05) is 0 Å². The van der Waals surface area contributed by atoms with Crippen molar-refractivity contribution in [3.05, 3.63) is 36.0 Å². The molecule has 0 atom stereocenters. The first-order chi connectivity index (χ1) is 5.68. The van der Waals surface area contributed by atoms with Gasteiger partial charge in [0.2, 0.25) is 0 Å². The van der Waals surface area contributed by atoms with Crippen molar-refractivity contribution in [2.24, 2.45) is 5.92 Å².